The Morgan fingerprint density at radius 3 is 2.68 bits per heavy atom. The van der Waals surface area contributed by atoms with Crippen LogP contribution in [-0.2, 0) is 0 Å². The first-order chi connectivity index (χ1) is 8.87. The van der Waals surface area contributed by atoms with Crippen molar-refractivity contribution in [1.82, 2.24) is 5.32 Å². The average Bonchev–Trinajstić information content (AvgIpc) is 2.77. The highest BCUT2D eigenvalue weighted by molar-refractivity contribution is 5.31. The van der Waals surface area contributed by atoms with Gasteiger partial charge >= 0.3 is 0 Å². The second-order valence-electron chi connectivity index (χ2n) is 6.93. The maximum Gasteiger partial charge on any atom is 0.123 e. The topological polar surface area (TPSA) is 12.0 Å². The van der Waals surface area contributed by atoms with Crippen LogP contribution in [0.2, 0.25) is 0 Å². The lowest BCUT2D eigenvalue weighted by atomic mass is 9.86. The molecular formula is C17H26FN. The molecule has 0 aromatic heterocycles. The SMILES string of the molecule is Cc1ccc(F)cc1C1CCCC1CNC(C)(C)C. The number of nitrogens with one attached hydrogen (secondary N) is 1. The lowest BCUT2D eigenvalue weighted by molar-refractivity contribution is 0.356. The number of halogens is 1. The van der Waals surface area contributed by atoms with Crippen LogP contribution in [0.15, 0.2) is 18.2 Å². The summed E-state index contributed by atoms with van der Waals surface area (Å²) >= 11 is 0. The Morgan fingerprint density at radius 2 is 2.00 bits per heavy atom. The monoisotopic (exact) mass is 263 g/mol. The van der Waals surface area contributed by atoms with Gasteiger partial charge in [0.25, 0.3) is 0 Å². The molecule has 0 saturated heterocycles. The second kappa shape index (κ2) is 5.62. The minimum absolute atomic E-state index is 0.102. The van der Waals surface area contributed by atoms with E-state index in [0.717, 1.165) is 6.54 Å². The summed E-state index contributed by atoms with van der Waals surface area (Å²) < 4.78 is 13.5. The molecule has 2 rings (SSSR count). The third-order valence-corrected chi connectivity index (χ3v) is 4.19. The highest BCUT2D eigenvalue weighted by Gasteiger charge is 2.30. The molecule has 1 aromatic carbocycles. The van der Waals surface area contributed by atoms with Gasteiger partial charge in [0.1, 0.15) is 5.82 Å². The smallest absolute Gasteiger partial charge is 0.123 e. The van der Waals surface area contributed by atoms with Crippen molar-refractivity contribution in [2.24, 2.45) is 5.92 Å². The molecule has 1 aliphatic rings. The Hall–Kier alpha value is -0.890. The van der Waals surface area contributed by atoms with E-state index in [1.165, 1.54) is 30.4 Å². The lowest BCUT2D eigenvalue weighted by Crippen LogP contribution is -2.39. The Bertz CT molecular complexity index is 433. The van der Waals surface area contributed by atoms with Crippen LogP contribution in [-0.4, -0.2) is 12.1 Å². The standard InChI is InChI=1S/C17H26FN/c1-12-8-9-14(18)10-16(12)15-7-5-6-13(15)11-19-17(2,3)4/h8-10,13,15,19H,5-7,11H2,1-4H3. The van der Waals surface area contributed by atoms with Gasteiger partial charge in [-0.25, -0.2) is 4.39 Å². The summed E-state index contributed by atoms with van der Waals surface area (Å²) in [5, 5.41) is 3.60. The van der Waals surface area contributed by atoms with Gasteiger partial charge in [0.15, 0.2) is 0 Å². The molecule has 0 bridgehead atoms. The van der Waals surface area contributed by atoms with Gasteiger partial charge in [-0.05, 0) is 82.2 Å². The van der Waals surface area contributed by atoms with Gasteiger partial charge in [-0.1, -0.05) is 12.5 Å². The molecule has 0 radical (unpaired) electrons. The molecule has 1 N–H and O–H groups in total. The molecule has 1 nitrogen and oxygen atoms in total. The molecule has 0 aliphatic heterocycles. The van der Waals surface area contributed by atoms with Crippen LogP contribution in [0.5, 0.6) is 0 Å². The number of rotatable bonds is 3. The maximum atomic E-state index is 13.5. The van der Waals surface area contributed by atoms with Crippen LogP contribution >= 0.6 is 0 Å². The fraction of sp³-hybridized carbons (Fsp3) is 0.647. The Labute approximate surface area is 116 Å². The van der Waals surface area contributed by atoms with Gasteiger partial charge in [-0.15, -0.1) is 0 Å². The number of hydrogen-bond donors (Lipinski definition) is 1. The zero-order valence-electron chi connectivity index (χ0n) is 12.6. The van der Waals surface area contributed by atoms with Gasteiger partial charge in [0.05, 0.1) is 0 Å². The molecule has 106 valence electrons. The van der Waals surface area contributed by atoms with Crippen molar-refractivity contribution in [2.75, 3.05) is 6.54 Å². The van der Waals surface area contributed by atoms with Crippen molar-refractivity contribution in [1.29, 1.82) is 0 Å². The quantitative estimate of drug-likeness (QED) is 0.852. The number of benzene rings is 1. The van der Waals surface area contributed by atoms with E-state index in [9.17, 15) is 4.39 Å². The first kappa shape index (κ1) is 14.5. The summed E-state index contributed by atoms with van der Waals surface area (Å²) in [6.45, 7) is 9.73. The van der Waals surface area contributed by atoms with E-state index in [-0.39, 0.29) is 11.4 Å². The Morgan fingerprint density at radius 1 is 1.26 bits per heavy atom. The van der Waals surface area contributed by atoms with Crippen LogP contribution in [0.25, 0.3) is 0 Å². The molecular weight excluding hydrogens is 237 g/mol. The summed E-state index contributed by atoms with van der Waals surface area (Å²) in [5.41, 5.74) is 2.61. The Kier molecular flexibility index (Phi) is 4.29. The van der Waals surface area contributed by atoms with Crippen LogP contribution in [0.1, 0.15) is 57.1 Å². The molecule has 1 fully saturated rings. The van der Waals surface area contributed by atoms with E-state index in [2.05, 4.69) is 33.0 Å². The molecule has 1 saturated carbocycles. The van der Waals surface area contributed by atoms with E-state index in [0.29, 0.717) is 11.8 Å². The highest BCUT2D eigenvalue weighted by Crippen LogP contribution is 2.40. The zero-order chi connectivity index (χ0) is 14.0. The van der Waals surface area contributed by atoms with Gasteiger partial charge < -0.3 is 5.32 Å². The summed E-state index contributed by atoms with van der Waals surface area (Å²) in [6.07, 6.45) is 3.71. The van der Waals surface area contributed by atoms with E-state index in [4.69, 9.17) is 0 Å². The first-order valence-corrected chi connectivity index (χ1v) is 7.38. The zero-order valence-corrected chi connectivity index (χ0v) is 12.6. The molecule has 19 heavy (non-hydrogen) atoms. The molecule has 0 amide bonds. The fourth-order valence-electron chi connectivity index (χ4n) is 3.14. The Balaban J connectivity index is 2.12. The summed E-state index contributed by atoms with van der Waals surface area (Å²) in [7, 11) is 0. The van der Waals surface area contributed by atoms with Gasteiger partial charge in [0, 0.05) is 5.54 Å². The molecule has 1 aromatic rings. The van der Waals surface area contributed by atoms with Crippen LogP contribution in [0, 0.1) is 18.7 Å². The summed E-state index contributed by atoms with van der Waals surface area (Å²) in [5.74, 6) is 1.06. The van der Waals surface area contributed by atoms with E-state index < -0.39 is 0 Å². The number of hydrogen-bond acceptors (Lipinski definition) is 1. The largest absolute Gasteiger partial charge is 0.312 e. The summed E-state index contributed by atoms with van der Waals surface area (Å²) in [6, 6.07) is 5.23. The van der Waals surface area contributed by atoms with E-state index in [1.54, 1.807) is 12.1 Å². The normalized spacial score (nSPS) is 23.8. The molecule has 0 spiro atoms. The summed E-state index contributed by atoms with van der Waals surface area (Å²) in [4.78, 5) is 0. The fourth-order valence-corrected chi connectivity index (χ4v) is 3.14. The maximum absolute atomic E-state index is 13.5. The highest BCUT2D eigenvalue weighted by atomic mass is 19.1. The van der Waals surface area contributed by atoms with Crippen molar-refractivity contribution in [2.45, 2.75) is 58.4 Å². The van der Waals surface area contributed by atoms with E-state index >= 15 is 0 Å². The first-order valence-electron chi connectivity index (χ1n) is 7.38. The average molecular weight is 263 g/mol. The van der Waals surface area contributed by atoms with Gasteiger partial charge in [-0.3, -0.25) is 0 Å². The lowest BCUT2D eigenvalue weighted by Gasteiger charge is -2.27. The molecule has 0 heterocycles. The predicted molar refractivity (Wildman–Crippen MR) is 79.0 cm³/mol. The third-order valence-electron chi connectivity index (χ3n) is 4.19. The minimum Gasteiger partial charge on any atom is -0.312 e. The van der Waals surface area contributed by atoms with Gasteiger partial charge in [-0.2, -0.15) is 0 Å². The predicted octanol–water partition coefficient (Wildman–Crippen LogP) is 4.41. The van der Waals surface area contributed by atoms with Crippen molar-refractivity contribution < 1.29 is 4.39 Å². The van der Waals surface area contributed by atoms with Crippen LogP contribution in [0.3, 0.4) is 0 Å². The van der Waals surface area contributed by atoms with Gasteiger partial charge in [0.2, 0.25) is 0 Å². The second-order valence-corrected chi connectivity index (χ2v) is 6.93. The third kappa shape index (κ3) is 3.79. The van der Waals surface area contributed by atoms with Crippen LogP contribution < -0.4 is 5.32 Å². The molecule has 1 aliphatic carbocycles. The molecule has 2 unspecified atom stereocenters. The van der Waals surface area contributed by atoms with E-state index in [1.807, 2.05) is 6.07 Å². The number of aryl methyl sites for hydroxylation is 1. The van der Waals surface area contributed by atoms with Crippen molar-refractivity contribution in [3.8, 4) is 0 Å². The van der Waals surface area contributed by atoms with Crippen LogP contribution in [0.4, 0.5) is 4.39 Å². The van der Waals surface area contributed by atoms with Crippen molar-refractivity contribution in [3.63, 3.8) is 0 Å². The minimum atomic E-state index is -0.102. The molecule has 2 atom stereocenters. The molecule has 2 heteroatoms. The van der Waals surface area contributed by atoms with Crippen molar-refractivity contribution in [3.05, 3.63) is 35.1 Å². The van der Waals surface area contributed by atoms with Crippen molar-refractivity contribution >= 4 is 0 Å².